The smallest absolute Gasteiger partial charge is 0.317 e. The fourth-order valence-electron chi connectivity index (χ4n) is 1.90. The molecule has 3 nitrogen and oxygen atoms in total. The van der Waals surface area contributed by atoms with Crippen molar-refractivity contribution >= 4 is 11.7 Å². The third-order valence-electron chi connectivity index (χ3n) is 2.85. The van der Waals surface area contributed by atoms with E-state index in [0.29, 0.717) is 6.04 Å². The van der Waals surface area contributed by atoms with Crippen molar-refractivity contribution in [2.75, 3.05) is 5.32 Å². The topological polar surface area (TPSA) is 32.3 Å². The number of nitrogens with one attached hydrogen (secondary N) is 1. The summed E-state index contributed by atoms with van der Waals surface area (Å²) in [6.45, 7) is 0.771. The van der Waals surface area contributed by atoms with Gasteiger partial charge in [-0.15, -0.1) is 0 Å². The van der Waals surface area contributed by atoms with Crippen LogP contribution in [0.15, 0.2) is 24.3 Å². The minimum atomic E-state index is 0.0613. The zero-order valence-corrected chi connectivity index (χ0v) is 7.86. The van der Waals surface area contributed by atoms with Crippen LogP contribution in [0.2, 0.25) is 0 Å². The van der Waals surface area contributed by atoms with Crippen LogP contribution in [0.5, 0.6) is 0 Å². The molecule has 1 fully saturated rings. The zero-order valence-electron chi connectivity index (χ0n) is 7.86. The Morgan fingerprint density at radius 1 is 1.29 bits per heavy atom. The Kier molecular flexibility index (Phi) is 1.54. The molecule has 0 unspecified atom stereocenters. The summed E-state index contributed by atoms with van der Waals surface area (Å²) >= 11 is 0. The predicted molar refractivity (Wildman–Crippen MR) is 54.0 cm³/mol. The van der Waals surface area contributed by atoms with Gasteiger partial charge in [-0.1, -0.05) is 18.2 Å². The molecule has 3 heteroatoms. The maximum atomic E-state index is 11.7. The molecule has 0 saturated heterocycles. The first-order chi connectivity index (χ1) is 6.84. The van der Waals surface area contributed by atoms with Crippen LogP contribution in [-0.4, -0.2) is 17.0 Å². The molecule has 3 rings (SSSR count). The van der Waals surface area contributed by atoms with Crippen LogP contribution < -0.4 is 5.32 Å². The molecule has 2 amide bonds. The lowest BCUT2D eigenvalue weighted by atomic mass is 10.1. The third-order valence-corrected chi connectivity index (χ3v) is 2.85. The van der Waals surface area contributed by atoms with Gasteiger partial charge >= 0.3 is 6.03 Å². The summed E-state index contributed by atoms with van der Waals surface area (Å²) < 4.78 is 0. The maximum absolute atomic E-state index is 11.7. The van der Waals surface area contributed by atoms with Crippen molar-refractivity contribution in [3.63, 3.8) is 0 Å². The Morgan fingerprint density at radius 2 is 2.07 bits per heavy atom. The number of rotatable bonds is 1. The number of anilines is 1. The van der Waals surface area contributed by atoms with E-state index >= 15 is 0 Å². The zero-order chi connectivity index (χ0) is 9.54. The Balaban J connectivity index is 1.94. The van der Waals surface area contributed by atoms with Gasteiger partial charge in [0, 0.05) is 18.3 Å². The highest BCUT2D eigenvalue weighted by Gasteiger charge is 2.35. The Labute approximate surface area is 82.7 Å². The number of benzene rings is 1. The summed E-state index contributed by atoms with van der Waals surface area (Å²) in [5, 5.41) is 2.92. The standard InChI is InChI=1S/C11H12N2O/c14-11-12-10-4-2-1-3-8(10)7-13(11)9-5-6-9/h1-4,9H,5-7H2,(H,12,14). The van der Waals surface area contributed by atoms with E-state index in [1.54, 1.807) is 0 Å². The molecule has 1 aromatic carbocycles. The van der Waals surface area contributed by atoms with Gasteiger partial charge < -0.3 is 10.2 Å². The first-order valence-electron chi connectivity index (χ1n) is 5.00. The first-order valence-corrected chi connectivity index (χ1v) is 5.00. The number of amides is 2. The lowest BCUT2D eigenvalue weighted by Crippen LogP contribution is -2.39. The fraction of sp³-hybridized carbons (Fsp3) is 0.364. The van der Waals surface area contributed by atoms with Gasteiger partial charge in [0.2, 0.25) is 0 Å². The normalized spacial score (nSPS) is 20.3. The summed E-state index contributed by atoms with van der Waals surface area (Å²) in [5.41, 5.74) is 2.19. The molecular formula is C11H12N2O. The molecule has 0 radical (unpaired) electrons. The number of urea groups is 1. The average Bonchev–Trinajstić information content (AvgIpc) is 3.00. The van der Waals surface area contributed by atoms with E-state index in [1.807, 2.05) is 23.1 Å². The molecule has 0 aromatic heterocycles. The van der Waals surface area contributed by atoms with E-state index in [4.69, 9.17) is 0 Å². The lowest BCUT2D eigenvalue weighted by molar-refractivity contribution is 0.203. The quantitative estimate of drug-likeness (QED) is 0.719. The van der Waals surface area contributed by atoms with Gasteiger partial charge in [0.05, 0.1) is 0 Å². The number of carbonyl (C=O) groups excluding carboxylic acids is 1. The second kappa shape index (κ2) is 2.74. The molecule has 0 bridgehead atoms. The van der Waals surface area contributed by atoms with Crippen molar-refractivity contribution in [1.82, 2.24) is 4.90 Å². The first kappa shape index (κ1) is 7.85. The second-order valence-corrected chi connectivity index (χ2v) is 3.95. The number of carbonyl (C=O) groups is 1. The van der Waals surface area contributed by atoms with E-state index in [9.17, 15) is 4.79 Å². The van der Waals surface area contributed by atoms with Crippen molar-refractivity contribution < 1.29 is 4.79 Å². The van der Waals surface area contributed by atoms with Gasteiger partial charge in [-0.3, -0.25) is 0 Å². The van der Waals surface area contributed by atoms with Crippen molar-refractivity contribution in [3.8, 4) is 0 Å². The third kappa shape index (κ3) is 1.16. The highest BCUT2D eigenvalue weighted by molar-refractivity contribution is 5.92. The lowest BCUT2D eigenvalue weighted by Gasteiger charge is -2.29. The molecule has 2 aliphatic rings. The second-order valence-electron chi connectivity index (χ2n) is 3.95. The van der Waals surface area contributed by atoms with Crippen LogP contribution in [0.3, 0.4) is 0 Å². The Morgan fingerprint density at radius 3 is 2.86 bits per heavy atom. The van der Waals surface area contributed by atoms with E-state index in [-0.39, 0.29) is 6.03 Å². The fourth-order valence-corrected chi connectivity index (χ4v) is 1.90. The van der Waals surface area contributed by atoms with Crippen LogP contribution in [0.4, 0.5) is 10.5 Å². The molecule has 0 atom stereocenters. The summed E-state index contributed by atoms with van der Waals surface area (Å²) in [5.74, 6) is 0. The van der Waals surface area contributed by atoms with Crippen LogP contribution in [-0.2, 0) is 6.54 Å². The Hall–Kier alpha value is -1.51. The Bertz CT molecular complexity index is 385. The molecule has 1 aliphatic heterocycles. The van der Waals surface area contributed by atoms with E-state index in [0.717, 1.165) is 25.1 Å². The highest BCUT2D eigenvalue weighted by atomic mass is 16.2. The molecule has 1 aliphatic carbocycles. The number of hydrogen-bond acceptors (Lipinski definition) is 1. The molecule has 1 N–H and O–H groups in total. The monoisotopic (exact) mass is 188 g/mol. The molecular weight excluding hydrogens is 176 g/mol. The molecule has 1 saturated carbocycles. The average molecular weight is 188 g/mol. The van der Waals surface area contributed by atoms with E-state index < -0.39 is 0 Å². The molecule has 1 heterocycles. The molecule has 1 aromatic rings. The van der Waals surface area contributed by atoms with Gasteiger partial charge in [-0.2, -0.15) is 0 Å². The van der Waals surface area contributed by atoms with Gasteiger partial charge in [0.25, 0.3) is 0 Å². The van der Waals surface area contributed by atoms with Crippen LogP contribution in [0, 0.1) is 0 Å². The van der Waals surface area contributed by atoms with Crippen LogP contribution in [0.1, 0.15) is 18.4 Å². The van der Waals surface area contributed by atoms with Crippen LogP contribution >= 0.6 is 0 Å². The molecule has 14 heavy (non-hydrogen) atoms. The van der Waals surface area contributed by atoms with Crippen molar-refractivity contribution in [1.29, 1.82) is 0 Å². The summed E-state index contributed by atoms with van der Waals surface area (Å²) in [7, 11) is 0. The summed E-state index contributed by atoms with van der Waals surface area (Å²) in [6, 6.07) is 8.55. The summed E-state index contributed by atoms with van der Waals surface area (Å²) in [6.07, 6.45) is 2.32. The van der Waals surface area contributed by atoms with Gasteiger partial charge in [0.15, 0.2) is 0 Å². The minimum Gasteiger partial charge on any atom is -0.317 e. The molecule has 72 valence electrons. The van der Waals surface area contributed by atoms with E-state index in [1.165, 1.54) is 5.56 Å². The van der Waals surface area contributed by atoms with Crippen molar-refractivity contribution in [3.05, 3.63) is 29.8 Å². The van der Waals surface area contributed by atoms with Crippen molar-refractivity contribution in [2.45, 2.75) is 25.4 Å². The van der Waals surface area contributed by atoms with Crippen LogP contribution in [0.25, 0.3) is 0 Å². The number of hydrogen-bond donors (Lipinski definition) is 1. The highest BCUT2D eigenvalue weighted by Crippen LogP contribution is 2.32. The van der Waals surface area contributed by atoms with Gasteiger partial charge in [0.1, 0.15) is 0 Å². The molecule has 0 spiro atoms. The largest absolute Gasteiger partial charge is 0.322 e. The van der Waals surface area contributed by atoms with E-state index in [2.05, 4.69) is 11.4 Å². The minimum absolute atomic E-state index is 0.0613. The SMILES string of the molecule is O=C1Nc2ccccc2CN1C1CC1. The maximum Gasteiger partial charge on any atom is 0.322 e. The predicted octanol–water partition coefficient (Wildman–Crippen LogP) is 2.20. The number of nitrogens with zero attached hydrogens (tertiary/aromatic N) is 1. The van der Waals surface area contributed by atoms with Crippen molar-refractivity contribution in [2.24, 2.45) is 0 Å². The summed E-state index contributed by atoms with van der Waals surface area (Å²) in [4.78, 5) is 13.6. The van der Waals surface area contributed by atoms with Gasteiger partial charge in [-0.25, -0.2) is 4.79 Å². The number of fused-ring (bicyclic) bond motifs is 1. The number of para-hydroxylation sites is 1. The van der Waals surface area contributed by atoms with Gasteiger partial charge in [-0.05, 0) is 24.5 Å².